The van der Waals surface area contributed by atoms with E-state index < -0.39 is 0 Å². The minimum absolute atomic E-state index is 0. The summed E-state index contributed by atoms with van der Waals surface area (Å²) in [5, 5.41) is 0. The molecule has 0 bridgehead atoms. The smallest absolute Gasteiger partial charge is 0.253 e. The summed E-state index contributed by atoms with van der Waals surface area (Å²) in [5.41, 5.74) is 8.14. The summed E-state index contributed by atoms with van der Waals surface area (Å²) in [4.78, 5) is 16.7. The monoisotopic (exact) mass is 361 g/mol. The molecule has 2 aromatic rings. The van der Waals surface area contributed by atoms with E-state index in [1.165, 1.54) is 0 Å². The topological polar surface area (TPSA) is 58.8 Å². The number of amides is 1. The highest BCUT2D eigenvalue weighted by Crippen LogP contribution is 2.29. The Hall–Kier alpha value is -2.40. The first-order chi connectivity index (χ1) is 11.7. The van der Waals surface area contributed by atoms with Crippen molar-refractivity contribution in [2.75, 3.05) is 43.4 Å². The molecule has 1 saturated heterocycles. The quantitative estimate of drug-likeness (QED) is 0.850. The molecule has 1 aliphatic heterocycles. The molecule has 0 aliphatic carbocycles. The van der Waals surface area contributed by atoms with Gasteiger partial charge in [0.05, 0.1) is 12.3 Å². The molecule has 0 spiro atoms. The third kappa shape index (κ3) is 4.37. The van der Waals surface area contributed by atoms with Crippen LogP contribution in [0.25, 0.3) is 0 Å². The van der Waals surface area contributed by atoms with Crippen molar-refractivity contribution in [1.82, 2.24) is 4.90 Å². The second kappa shape index (κ2) is 8.62. The SMILES string of the molecule is CCOc1ccccc1N1CCN(C(=O)c2ccc(N)cc2)CC1.Cl. The van der Waals surface area contributed by atoms with E-state index in [0.29, 0.717) is 30.9 Å². The Morgan fingerprint density at radius 1 is 1.04 bits per heavy atom. The Bertz CT molecular complexity index is 698. The van der Waals surface area contributed by atoms with Crippen molar-refractivity contribution in [3.63, 3.8) is 0 Å². The van der Waals surface area contributed by atoms with Crippen LogP contribution in [0.2, 0.25) is 0 Å². The lowest BCUT2D eigenvalue weighted by molar-refractivity contribution is 0.0746. The number of benzene rings is 2. The van der Waals surface area contributed by atoms with Crippen LogP contribution in [0, 0.1) is 0 Å². The predicted octanol–water partition coefficient (Wildman–Crippen LogP) is 3.05. The Labute approximate surface area is 154 Å². The second-order valence-electron chi connectivity index (χ2n) is 5.80. The number of hydrogen-bond acceptors (Lipinski definition) is 4. The molecule has 0 radical (unpaired) electrons. The number of nitrogen functional groups attached to an aromatic ring is 1. The number of hydrogen-bond donors (Lipinski definition) is 1. The van der Waals surface area contributed by atoms with E-state index in [4.69, 9.17) is 10.5 Å². The molecule has 1 heterocycles. The third-order valence-corrected chi connectivity index (χ3v) is 4.23. The minimum atomic E-state index is 0. The molecular formula is C19H24ClN3O2. The van der Waals surface area contributed by atoms with E-state index in [1.807, 2.05) is 30.0 Å². The predicted molar refractivity (Wildman–Crippen MR) is 104 cm³/mol. The molecule has 1 fully saturated rings. The van der Waals surface area contributed by atoms with Gasteiger partial charge in [-0.05, 0) is 43.3 Å². The van der Waals surface area contributed by atoms with Gasteiger partial charge in [0.1, 0.15) is 5.75 Å². The van der Waals surface area contributed by atoms with Crippen LogP contribution in [0.3, 0.4) is 0 Å². The van der Waals surface area contributed by atoms with Crippen molar-refractivity contribution in [3.05, 3.63) is 54.1 Å². The molecule has 2 N–H and O–H groups in total. The summed E-state index contributed by atoms with van der Waals surface area (Å²) >= 11 is 0. The van der Waals surface area contributed by atoms with Crippen LogP contribution in [0.1, 0.15) is 17.3 Å². The van der Waals surface area contributed by atoms with E-state index in [0.717, 1.165) is 24.5 Å². The lowest BCUT2D eigenvalue weighted by Gasteiger charge is -2.36. The zero-order valence-electron chi connectivity index (χ0n) is 14.4. The number of halogens is 1. The van der Waals surface area contributed by atoms with Crippen molar-refractivity contribution in [3.8, 4) is 5.75 Å². The van der Waals surface area contributed by atoms with Gasteiger partial charge < -0.3 is 20.3 Å². The maximum Gasteiger partial charge on any atom is 0.253 e. The molecule has 2 aromatic carbocycles. The van der Waals surface area contributed by atoms with E-state index in [1.54, 1.807) is 24.3 Å². The fourth-order valence-corrected chi connectivity index (χ4v) is 2.95. The van der Waals surface area contributed by atoms with E-state index in [2.05, 4.69) is 11.0 Å². The maximum absolute atomic E-state index is 12.6. The van der Waals surface area contributed by atoms with Crippen LogP contribution in [0.5, 0.6) is 5.75 Å². The lowest BCUT2D eigenvalue weighted by Crippen LogP contribution is -2.48. The van der Waals surface area contributed by atoms with Gasteiger partial charge in [-0.3, -0.25) is 4.79 Å². The highest BCUT2D eigenvalue weighted by Gasteiger charge is 2.23. The highest BCUT2D eigenvalue weighted by atomic mass is 35.5. The van der Waals surface area contributed by atoms with Crippen LogP contribution in [-0.4, -0.2) is 43.6 Å². The number of carbonyl (C=O) groups is 1. The number of ether oxygens (including phenoxy) is 1. The number of anilines is 2. The second-order valence-corrected chi connectivity index (χ2v) is 5.80. The van der Waals surface area contributed by atoms with E-state index in [-0.39, 0.29) is 18.3 Å². The van der Waals surface area contributed by atoms with Gasteiger partial charge >= 0.3 is 0 Å². The summed E-state index contributed by atoms with van der Waals surface area (Å²) < 4.78 is 5.71. The van der Waals surface area contributed by atoms with Crippen LogP contribution in [-0.2, 0) is 0 Å². The van der Waals surface area contributed by atoms with Crippen molar-refractivity contribution in [2.45, 2.75) is 6.92 Å². The molecule has 1 aliphatic rings. The van der Waals surface area contributed by atoms with Crippen LogP contribution >= 0.6 is 12.4 Å². The average Bonchev–Trinajstić information content (AvgIpc) is 2.63. The first kappa shape index (κ1) is 18.9. The van der Waals surface area contributed by atoms with Gasteiger partial charge in [-0.15, -0.1) is 12.4 Å². The number of para-hydroxylation sites is 2. The normalized spacial score (nSPS) is 14.0. The summed E-state index contributed by atoms with van der Waals surface area (Å²) in [6.45, 7) is 5.62. The van der Waals surface area contributed by atoms with E-state index >= 15 is 0 Å². The molecule has 0 atom stereocenters. The average molecular weight is 362 g/mol. The molecule has 0 aromatic heterocycles. The number of nitrogens with zero attached hydrogens (tertiary/aromatic N) is 2. The molecule has 134 valence electrons. The number of carbonyl (C=O) groups excluding carboxylic acids is 1. The van der Waals surface area contributed by atoms with Crippen molar-refractivity contribution >= 4 is 29.7 Å². The molecule has 0 saturated carbocycles. The fraction of sp³-hybridized carbons (Fsp3) is 0.316. The van der Waals surface area contributed by atoms with Gasteiger partial charge in [-0.2, -0.15) is 0 Å². The Balaban J connectivity index is 0.00000225. The van der Waals surface area contributed by atoms with E-state index in [9.17, 15) is 4.79 Å². The van der Waals surface area contributed by atoms with Gasteiger partial charge in [0, 0.05) is 37.4 Å². The first-order valence-corrected chi connectivity index (χ1v) is 8.30. The largest absolute Gasteiger partial charge is 0.492 e. The van der Waals surface area contributed by atoms with Crippen molar-refractivity contribution < 1.29 is 9.53 Å². The standard InChI is InChI=1S/C19H23N3O2.ClH/c1-2-24-18-6-4-3-5-17(18)21-11-13-22(14-12-21)19(23)15-7-9-16(20)10-8-15;/h3-10H,2,11-14,20H2,1H3;1H. The van der Waals surface area contributed by atoms with Gasteiger partial charge in [-0.25, -0.2) is 0 Å². The molecule has 6 heteroatoms. The summed E-state index contributed by atoms with van der Waals surface area (Å²) in [6.07, 6.45) is 0. The van der Waals surface area contributed by atoms with Crippen molar-refractivity contribution in [1.29, 1.82) is 0 Å². The first-order valence-electron chi connectivity index (χ1n) is 8.30. The Morgan fingerprint density at radius 2 is 1.68 bits per heavy atom. The molecule has 5 nitrogen and oxygen atoms in total. The number of piperazine rings is 1. The summed E-state index contributed by atoms with van der Waals surface area (Å²) in [5.74, 6) is 0.964. The zero-order chi connectivity index (χ0) is 16.9. The molecule has 25 heavy (non-hydrogen) atoms. The number of nitrogens with two attached hydrogens (primary N) is 1. The van der Waals surface area contributed by atoms with Gasteiger partial charge in [-0.1, -0.05) is 12.1 Å². The van der Waals surface area contributed by atoms with Gasteiger partial charge in [0.25, 0.3) is 5.91 Å². The molecule has 0 unspecified atom stereocenters. The lowest BCUT2D eigenvalue weighted by atomic mass is 10.1. The van der Waals surface area contributed by atoms with Gasteiger partial charge in [0.15, 0.2) is 0 Å². The van der Waals surface area contributed by atoms with Crippen molar-refractivity contribution in [2.24, 2.45) is 0 Å². The number of rotatable bonds is 4. The Kier molecular flexibility index (Phi) is 6.53. The highest BCUT2D eigenvalue weighted by molar-refractivity contribution is 5.94. The minimum Gasteiger partial charge on any atom is -0.492 e. The summed E-state index contributed by atoms with van der Waals surface area (Å²) in [7, 11) is 0. The third-order valence-electron chi connectivity index (χ3n) is 4.23. The Morgan fingerprint density at radius 3 is 2.32 bits per heavy atom. The molecule has 3 rings (SSSR count). The fourth-order valence-electron chi connectivity index (χ4n) is 2.95. The van der Waals surface area contributed by atoms with Crippen LogP contribution < -0.4 is 15.4 Å². The van der Waals surface area contributed by atoms with Crippen LogP contribution in [0.4, 0.5) is 11.4 Å². The van der Waals surface area contributed by atoms with Gasteiger partial charge in [0.2, 0.25) is 0 Å². The zero-order valence-corrected chi connectivity index (χ0v) is 15.2. The molecular weight excluding hydrogens is 338 g/mol. The molecule has 1 amide bonds. The van der Waals surface area contributed by atoms with Crippen LogP contribution in [0.15, 0.2) is 48.5 Å². The summed E-state index contributed by atoms with van der Waals surface area (Å²) in [6, 6.07) is 15.2. The maximum atomic E-state index is 12.6.